The summed E-state index contributed by atoms with van der Waals surface area (Å²) in [4.78, 5) is 12.5. The molecule has 1 aliphatic carbocycles. The Balaban J connectivity index is 1.33. The summed E-state index contributed by atoms with van der Waals surface area (Å²) in [5.41, 5.74) is 0.737. The zero-order valence-corrected chi connectivity index (χ0v) is 13.6. The van der Waals surface area contributed by atoms with Crippen LogP contribution < -0.4 is 15.4 Å². The maximum absolute atomic E-state index is 12.5. The normalized spacial score (nSPS) is 25.8. The van der Waals surface area contributed by atoms with Crippen LogP contribution in [0.25, 0.3) is 0 Å². The fourth-order valence-electron chi connectivity index (χ4n) is 3.40. The van der Waals surface area contributed by atoms with Gasteiger partial charge < -0.3 is 20.1 Å². The van der Waals surface area contributed by atoms with Gasteiger partial charge in [0.2, 0.25) is 5.91 Å². The molecule has 4 rings (SSSR count). The second-order valence-corrected chi connectivity index (χ2v) is 6.29. The number of carbonyl (C=O) groups is 1. The van der Waals surface area contributed by atoms with E-state index in [1.165, 1.54) is 0 Å². The highest BCUT2D eigenvalue weighted by Crippen LogP contribution is 2.29. The Hall–Kier alpha value is -2.52. The van der Waals surface area contributed by atoms with Gasteiger partial charge in [-0.05, 0) is 48.7 Å². The molecule has 2 aliphatic rings. The van der Waals surface area contributed by atoms with Crippen molar-refractivity contribution >= 4 is 11.6 Å². The lowest BCUT2D eigenvalue weighted by Gasteiger charge is -2.39. The molecule has 9 heteroatoms. The second kappa shape index (κ2) is 7.16. The molecule has 2 fully saturated rings. The van der Waals surface area contributed by atoms with E-state index in [2.05, 4.69) is 31.3 Å². The Morgan fingerprint density at radius 1 is 1.28 bits per heavy atom. The van der Waals surface area contributed by atoms with E-state index in [0.29, 0.717) is 5.75 Å². The average molecular weight is 344 g/mol. The number of H-pyrrole nitrogens is 1. The lowest BCUT2D eigenvalue weighted by molar-refractivity contribution is -0.123. The van der Waals surface area contributed by atoms with Crippen molar-refractivity contribution in [2.75, 3.05) is 18.5 Å². The molecular weight excluding hydrogens is 324 g/mol. The van der Waals surface area contributed by atoms with Crippen LogP contribution >= 0.6 is 0 Å². The first-order valence-electron chi connectivity index (χ1n) is 8.45. The first kappa shape index (κ1) is 16.0. The number of nitrogens with one attached hydrogen (secondary N) is 3. The summed E-state index contributed by atoms with van der Waals surface area (Å²) in [5, 5.41) is 19.6. The monoisotopic (exact) mass is 344 g/mol. The fourth-order valence-corrected chi connectivity index (χ4v) is 3.40. The molecule has 2 heterocycles. The van der Waals surface area contributed by atoms with Crippen molar-refractivity contribution in [2.24, 2.45) is 5.92 Å². The van der Waals surface area contributed by atoms with E-state index >= 15 is 0 Å². The third-order valence-electron chi connectivity index (χ3n) is 4.66. The minimum Gasteiger partial charge on any atom is -0.422 e. The summed E-state index contributed by atoms with van der Waals surface area (Å²) in [6, 6.07) is 7.51. The lowest BCUT2D eigenvalue weighted by Crippen LogP contribution is -2.52. The van der Waals surface area contributed by atoms with Crippen molar-refractivity contribution < 1.29 is 14.3 Å². The molecule has 1 aromatic heterocycles. The molecule has 9 nitrogen and oxygen atoms in total. The molecule has 1 aliphatic heterocycles. The first-order valence-corrected chi connectivity index (χ1v) is 8.45. The van der Waals surface area contributed by atoms with Gasteiger partial charge in [0, 0.05) is 24.2 Å². The second-order valence-electron chi connectivity index (χ2n) is 6.29. The van der Waals surface area contributed by atoms with Crippen LogP contribution in [-0.4, -0.2) is 51.8 Å². The van der Waals surface area contributed by atoms with E-state index in [1.807, 2.05) is 0 Å². The van der Waals surface area contributed by atoms with Gasteiger partial charge in [-0.25, -0.2) is 0 Å². The largest absolute Gasteiger partial charge is 0.422 e. The van der Waals surface area contributed by atoms with Crippen LogP contribution in [0.4, 0.5) is 5.69 Å². The SMILES string of the molecule is O=C(Nc1ccc(Oc2nn[nH]n2)cc1)[C@H]1CC[C@H]2OCCN[C@@H]2C1. The number of nitrogens with zero attached hydrogens (tertiary/aromatic N) is 3. The molecular formula is C16H20N6O3. The predicted octanol–water partition coefficient (Wildman–Crippen LogP) is 1.09. The van der Waals surface area contributed by atoms with Gasteiger partial charge in [0.15, 0.2) is 0 Å². The van der Waals surface area contributed by atoms with E-state index in [1.54, 1.807) is 24.3 Å². The van der Waals surface area contributed by atoms with Gasteiger partial charge in [-0.1, -0.05) is 10.2 Å². The van der Waals surface area contributed by atoms with Crippen molar-refractivity contribution in [1.82, 2.24) is 25.9 Å². The highest BCUT2D eigenvalue weighted by molar-refractivity contribution is 5.92. The number of carbonyl (C=O) groups excluding carboxylic acids is 1. The number of aromatic amines is 1. The van der Waals surface area contributed by atoms with Crippen molar-refractivity contribution in [2.45, 2.75) is 31.4 Å². The van der Waals surface area contributed by atoms with Gasteiger partial charge in [-0.2, -0.15) is 5.21 Å². The molecule has 0 bridgehead atoms. The summed E-state index contributed by atoms with van der Waals surface area (Å²) >= 11 is 0. The molecule has 1 amide bonds. The highest BCUT2D eigenvalue weighted by Gasteiger charge is 2.35. The van der Waals surface area contributed by atoms with Crippen LogP contribution in [0, 0.1) is 5.92 Å². The number of tetrazole rings is 1. The van der Waals surface area contributed by atoms with Gasteiger partial charge in [0.05, 0.1) is 12.7 Å². The number of hydrogen-bond acceptors (Lipinski definition) is 7. The number of aromatic nitrogens is 4. The third kappa shape index (κ3) is 3.77. The Morgan fingerprint density at radius 3 is 2.96 bits per heavy atom. The molecule has 132 valence electrons. The Bertz CT molecular complexity index is 705. The number of ether oxygens (including phenoxy) is 2. The topological polar surface area (TPSA) is 114 Å². The number of amides is 1. The number of rotatable bonds is 4. The average Bonchev–Trinajstić information content (AvgIpc) is 3.16. The zero-order chi connectivity index (χ0) is 17.1. The van der Waals surface area contributed by atoms with Gasteiger partial charge in [-0.3, -0.25) is 4.79 Å². The van der Waals surface area contributed by atoms with Gasteiger partial charge >= 0.3 is 6.01 Å². The molecule has 3 atom stereocenters. The molecule has 1 saturated carbocycles. The molecule has 3 N–H and O–H groups in total. The van der Waals surface area contributed by atoms with Gasteiger partial charge in [0.25, 0.3) is 0 Å². The quantitative estimate of drug-likeness (QED) is 0.760. The maximum atomic E-state index is 12.5. The minimum atomic E-state index is 0.00528. The number of anilines is 1. The van der Waals surface area contributed by atoms with E-state index in [-0.39, 0.29) is 30.0 Å². The molecule has 25 heavy (non-hydrogen) atoms. The Labute approximate surface area is 144 Å². The van der Waals surface area contributed by atoms with Crippen LogP contribution in [0.15, 0.2) is 24.3 Å². The van der Waals surface area contributed by atoms with Crippen molar-refractivity contribution in [3.63, 3.8) is 0 Å². The fraction of sp³-hybridized carbons (Fsp3) is 0.500. The van der Waals surface area contributed by atoms with E-state index < -0.39 is 0 Å². The number of morpholine rings is 1. The van der Waals surface area contributed by atoms with Gasteiger partial charge in [0.1, 0.15) is 5.75 Å². The van der Waals surface area contributed by atoms with E-state index in [4.69, 9.17) is 9.47 Å². The van der Waals surface area contributed by atoms with Crippen LogP contribution in [0.1, 0.15) is 19.3 Å². The third-order valence-corrected chi connectivity index (χ3v) is 4.66. The smallest absolute Gasteiger partial charge is 0.361 e. The molecule has 2 aromatic rings. The zero-order valence-electron chi connectivity index (χ0n) is 13.6. The number of fused-ring (bicyclic) bond motifs is 1. The summed E-state index contributed by atoms with van der Waals surface area (Å²) in [6.07, 6.45) is 2.84. The minimum absolute atomic E-state index is 0.00528. The molecule has 0 radical (unpaired) electrons. The highest BCUT2D eigenvalue weighted by atomic mass is 16.5. The Kier molecular flexibility index (Phi) is 4.57. The summed E-state index contributed by atoms with van der Waals surface area (Å²) in [5.74, 6) is 0.631. The van der Waals surface area contributed by atoms with Crippen molar-refractivity contribution in [1.29, 1.82) is 0 Å². The van der Waals surface area contributed by atoms with E-state index in [0.717, 1.165) is 38.1 Å². The molecule has 1 aromatic carbocycles. The van der Waals surface area contributed by atoms with Crippen LogP contribution in [-0.2, 0) is 9.53 Å². The molecule has 0 spiro atoms. The first-order chi connectivity index (χ1) is 12.3. The van der Waals surface area contributed by atoms with Crippen molar-refractivity contribution in [3.05, 3.63) is 24.3 Å². The lowest BCUT2D eigenvalue weighted by atomic mass is 9.82. The molecule has 0 unspecified atom stereocenters. The van der Waals surface area contributed by atoms with Crippen LogP contribution in [0.3, 0.4) is 0 Å². The Morgan fingerprint density at radius 2 is 2.16 bits per heavy atom. The number of benzene rings is 1. The summed E-state index contributed by atoms with van der Waals surface area (Å²) < 4.78 is 11.2. The van der Waals surface area contributed by atoms with Gasteiger partial charge in [-0.15, -0.1) is 0 Å². The summed E-state index contributed by atoms with van der Waals surface area (Å²) in [6.45, 7) is 1.62. The van der Waals surface area contributed by atoms with Crippen LogP contribution in [0.5, 0.6) is 11.8 Å². The van der Waals surface area contributed by atoms with E-state index in [9.17, 15) is 4.79 Å². The predicted molar refractivity (Wildman–Crippen MR) is 88.2 cm³/mol. The van der Waals surface area contributed by atoms with Crippen molar-refractivity contribution in [3.8, 4) is 11.8 Å². The van der Waals surface area contributed by atoms with Crippen LogP contribution in [0.2, 0.25) is 0 Å². The number of hydrogen-bond donors (Lipinski definition) is 3. The molecule has 1 saturated heterocycles. The maximum Gasteiger partial charge on any atom is 0.361 e. The standard InChI is InChI=1S/C16H20N6O3/c23-15(10-1-6-14-13(9-10)17-7-8-24-14)18-11-2-4-12(5-3-11)25-16-19-21-22-20-16/h2-5,10,13-14,17H,1,6-9H2,(H,18,23)(H,19,20,21,22)/t10-,13+,14+/m0/s1. The summed E-state index contributed by atoms with van der Waals surface area (Å²) in [7, 11) is 0.